The SMILES string of the molecule is CCCCCCCC/C=C\CCCCCCCC(=O)O.[Ca]. The van der Waals surface area contributed by atoms with Crippen LogP contribution in [0.5, 0.6) is 0 Å². The summed E-state index contributed by atoms with van der Waals surface area (Å²) in [4.78, 5) is 10.3. The first-order valence-corrected chi connectivity index (χ1v) is 8.64. The minimum atomic E-state index is -0.664. The summed E-state index contributed by atoms with van der Waals surface area (Å²) < 4.78 is 0. The van der Waals surface area contributed by atoms with E-state index >= 15 is 0 Å². The van der Waals surface area contributed by atoms with Gasteiger partial charge in [-0.2, -0.15) is 0 Å². The molecule has 0 rings (SSSR count). The Bertz CT molecular complexity index is 239. The third kappa shape index (κ3) is 22.9. The van der Waals surface area contributed by atoms with E-state index in [1.54, 1.807) is 0 Å². The maximum Gasteiger partial charge on any atom is 0.303 e. The van der Waals surface area contributed by atoms with Crippen LogP contribution in [0.15, 0.2) is 12.2 Å². The molecule has 120 valence electrons. The van der Waals surface area contributed by atoms with Crippen LogP contribution in [0.4, 0.5) is 0 Å². The first-order chi connectivity index (χ1) is 9.77. The summed E-state index contributed by atoms with van der Waals surface area (Å²) in [7, 11) is 0. The van der Waals surface area contributed by atoms with Gasteiger partial charge in [-0.25, -0.2) is 0 Å². The van der Waals surface area contributed by atoms with Crippen molar-refractivity contribution in [3.63, 3.8) is 0 Å². The Labute approximate surface area is 161 Å². The van der Waals surface area contributed by atoms with Crippen LogP contribution in [0.25, 0.3) is 0 Å². The number of carbonyl (C=O) groups is 1. The fourth-order valence-electron chi connectivity index (χ4n) is 2.35. The first kappa shape index (κ1) is 23.7. The van der Waals surface area contributed by atoms with E-state index in [2.05, 4.69) is 19.1 Å². The minimum absolute atomic E-state index is 0. The number of rotatable bonds is 15. The van der Waals surface area contributed by atoms with Gasteiger partial charge in [0.15, 0.2) is 0 Å². The molecule has 2 nitrogen and oxygen atoms in total. The second-order valence-corrected chi connectivity index (χ2v) is 5.73. The van der Waals surface area contributed by atoms with Gasteiger partial charge in [-0.05, 0) is 32.1 Å². The zero-order valence-corrected chi connectivity index (χ0v) is 16.3. The number of aliphatic carboxylic acids is 1. The largest absolute Gasteiger partial charge is 0.481 e. The van der Waals surface area contributed by atoms with Crippen LogP contribution >= 0.6 is 0 Å². The van der Waals surface area contributed by atoms with Crippen LogP contribution in [0.3, 0.4) is 0 Å². The Morgan fingerprint density at radius 2 is 1.19 bits per heavy atom. The monoisotopic (exact) mass is 322 g/mol. The summed E-state index contributed by atoms with van der Waals surface area (Å²) in [6.45, 7) is 2.26. The van der Waals surface area contributed by atoms with Crippen LogP contribution in [0.2, 0.25) is 0 Å². The smallest absolute Gasteiger partial charge is 0.303 e. The van der Waals surface area contributed by atoms with E-state index in [9.17, 15) is 4.79 Å². The summed E-state index contributed by atoms with van der Waals surface area (Å²) in [5.41, 5.74) is 0. The number of hydrogen-bond acceptors (Lipinski definition) is 1. The van der Waals surface area contributed by atoms with Crippen LogP contribution in [-0.2, 0) is 4.79 Å². The van der Waals surface area contributed by atoms with E-state index in [1.807, 2.05) is 0 Å². The van der Waals surface area contributed by atoms with Crippen molar-refractivity contribution in [1.82, 2.24) is 0 Å². The fraction of sp³-hybridized carbons (Fsp3) is 0.833. The van der Waals surface area contributed by atoms with Crippen molar-refractivity contribution in [3.05, 3.63) is 12.2 Å². The Morgan fingerprint density at radius 3 is 1.67 bits per heavy atom. The van der Waals surface area contributed by atoms with Crippen molar-refractivity contribution in [1.29, 1.82) is 0 Å². The van der Waals surface area contributed by atoms with Gasteiger partial charge in [0.05, 0.1) is 0 Å². The molecule has 0 aliphatic heterocycles. The predicted molar refractivity (Wildman–Crippen MR) is 92.8 cm³/mol. The molecule has 0 fully saturated rings. The van der Waals surface area contributed by atoms with Crippen LogP contribution < -0.4 is 0 Å². The Hall–Kier alpha value is 0.470. The average Bonchev–Trinajstić information content (AvgIpc) is 2.43. The summed E-state index contributed by atoms with van der Waals surface area (Å²) in [6, 6.07) is 0. The standard InChI is InChI=1S/C18H34O2.Ca/c1-2-3-4-5-6-7-8-9-10-11-12-13-14-15-16-17-18(19)20;/h9-10H,2-8,11-17H2,1H3,(H,19,20);/b10-9-;. The van der Waals surface area contributed by atoms with Gasteiger partial charge < -0.3 is 5.11 Å². The molecule has 0 saturated heterocycles. The van der Waals surface area contributed by atoms with Crippen molar-refractivity contribution in [2.45, 2.75) is 96.8 Å². The normalized spacial score (nSPS) is 10.7. The molecule has 0 aromatic heterocycles. The van der Waals surface area contributed by atoms with Gasteiger partial charge in [-0.3, -0.25) is 4.79 Å². The second-order valence-electron chi connectivity index (χ2n) is 5.73. The maximum absolute atomic E-state index is 10.3. The Kier molecular flexibility index (Phi) is 23.1. The van der Waals surface area contributed by atoms with Gasteiger partial charge in [0.25, 0.3) is 0 Å². The molecule has 2 radical (unpaired) electrons. The topological polar surface area (TPSA) is 37.3 Å². The van der Waals surface area contributed by atoms with E-state index in [0.29, 0.717) is 6.42 Å². The molecule has 0 unspecified atom stereocenters. The molecule has 0 aliphatic carbocycles. The van der Waals surface area contributed by atoms with Crippen LogP contribution in [-0.4, -0.2) is 48.8 Å². The average molecular weight is 323 g/mol. The molecule has 0 aromatic rings. The van der Waals surface area contributed by atoms with Gasteiger partial charge in [0, 0.05) is 44.2 Å². The first-order valence-electron chi connectivity index (χ1n) is 8.64. The number of unbranched alkanes of at least 4 members (excludes halogenated alkanes) is 11. The molecular weight excluding hydrogens is 288 g/mol. The van der Waals surface area contributed by atoms with E-state index in [1.165, 1.54) is 70.6 Å². The summed E-state index contributed by atoms with van der Waals surface area (Å²) in [5, 5.41) is 8.51. The number of hydrogen-bond donors (Lipinski definition) is 1. The number of allylic oxidation sites excluding steroid dienone is 2. The summed E-state index contributed by atoms with van der Waals surface area (Å²) >= 11 is 0. The molecular formula is C18H34CaO2. The van der Waals surface area contributed by atoms with Gasteiger partial charge in [-0.15, -0.1) is 0 Å². The Morgan fingerprint density at radius 1 is 0.762 bits per heavy atom. The third-order valence-electron chi connectivity index (χ3n) is 3.65. The Balaban J connectivity index is 0. The van der Waals surface area contributed by atoms with E-state index in [0.717, 1.165) is 12.8 Å². The maximum atomic E-state index is 10.3. The second kappa shape index (κ2) is 20.5. The van der Waals surface area contributed by atoms with Gasteiger partial charge in [0.2, 0.25) is 0 Å². The minimum Gasteiger partial charge on any atom is -0.481 e. The van der Waals surface area contributed by atoms with E-state index < -0.39 is 5.97 Å². The van der Waals surface area contributed by atoms with Crippen molar-refractivity contribution in [2.75, 3.05) is 0 Å². The molecule has 0 heterocycles. The van der Waals surface area contributed by atoms with Crippen LogP contribution in [0.1, 0.15) is 96.8 Å². The number of carboxylic acids is 1. The van der Waals surface area contributed by atoms with Gasteiger partial charge in [-0.1, -0.05) is 70.4 Å². The summed E-state index contributed by atoms with van der Waals surface area (Å²) in [6.07, 6.45) is 21.2. The zero-order chi connectivity index (χ0) is 14.9. The number of carboxylic acid groups (broad SMARTS) is 1. The quantitative estimate of drug-likeness (QED) is 0.237. The van der Waals surface area contributed by atoms with E-state index in [4.69, 9.17) is 5.11 Å². The zero-order valence-electron chi connectivity index (χ0n) is 14.1. The van der Waals surface area contributed by atoms with Gasteiger partial charge in [0.1, 0.15) is 0 Å². The molecule has 0 aliphatic rings. The summed E-state index contributed by atoms with van der Waals surface area (Å²) in [5.74, 6) is -0.664. The van der Waals surface area contributed by atoms with Gasteiger partial charge >= 0.3 is 5.97 Å². The molecule has 0 saturated carbocycles. The fourth-order valence-corrected chi connectivity index (χ4v) is 2.35. The third-order valence-corrected chi connectivity index (χ3v) is 3.65. The van der Waals surface area contributed by atoms with Crippen LogP contribution in [0, 0.1) is 0 Å². The van der Waals surface area contributed by atoms with Crippen molar-refractivity contribution >= 4 is 43.7 Å². The molecule has 0 bridgehead atoms. The van der Waals surface area contributed by atoms with E-state index in [-0.39, 0.29) is 37.7 Å². The molecule has 21 heavy (non-hydrogen) atoms. The van der Waals surface area contributed by atoms with Crippen molar-refractivity contribution < 1.29 is 9.90 Å². The molecule has 0 amide bonds. The van der Waals surface area contributed by atoms with Crippen molar-refractivity contribution in [2.24, 2.45) is 0 Å². The molecule has 1 N–H and O–H groups in total. The molecule has 3 heteroatoms. The van der Waals surface area contributed by atoms with Crippen molar-refractivity contribution in [3.8, 4) is 0 Å². The molecule has 0 atom stereocenters. The molecule has 0 aromatic carbocycles. The molecule has 0 spiro atoms. The predicted octanol–water partition coefficient (Wildman–Crippen LogP) is 5.73.